The number of nitrogens with zero attached hydrogens (tertiary/aromatic N) is 2. The van der Waals surface area contributed by atoms with Gasteiger partial charge in [-0.3, -0.25) is 14.6 Å². The SMILES string of the molecule is O=C1C(=O)N(Cc2cccnc2)[C@@H](c2ccc(Cl)cc2Cl)C1=C(O)c1ccc2c(c1)OCCO2. The van der Waals surface area contributed by atoms with Crippen molar-refractivity contribution in [2.45, 2.75) is 12.6 Å². The number of hydrogen-bond donors (Lipinski definition) is 1. The Labute approximate surface area is 205 Å². The van der Waals surface area contributed by atoms with Gasteiger partial charge >= 0.3 is 0 Å². The van der Waals surface area contributed by atoms with Gasteiger partial charge in [-0.25, -0.2) is 0 Å². The Hall–Kier alpha value is -3.55. The van der Waals surface area contributed by atoms with E-state index in [1.165, 1.54) is 11.0 Å². The van der Waals surface area contributed by atoms with E-state index < -0.39 is 17.7 Å². The molecule has 1 fully saturated rings. The van der Waals surface area contributed by atoms with Crippen molar-refractivity contribution in [1.82, 2.24) is 9.88 Å². The monoisotopic (exact) mass is 496 g/mol. The molecular weight excluding hydrogens is 479 g/mol. The van der Waals surface area contributed by atoms with Crippen LogP contribution in [-0.2, 0) is 16.1 Å². The number of pyridine rings is 1. The second-order valence-electron chi connectivity index (χ2n) is 7.81. The number of carbonyl (C=O) groups excluding carboxylic acids is 2. The quantitative estimate of drug-likeness (QED) is 0.317. The Kier molecular flexibility index (Phi) is 5.89. The molecule has 2 aliphatic heterocycles. The van der Waals surface area contributed by atoms with Crippen molar-refractivity contribution in [3.05, 3.63) is 93.2 Å². The molecule has 1 amide bonds. The number of ether oxygens (including phenoxy) is 2. The number of rotatable bonds is 4. The first kappa shape index (κ1) is 22.3. The van der Waals surface area contributed by atoms with Gasteiger partial charge in [0, 0.05) is 34.5 Å². The molecular formula is C25H18Cl2N2O5. The van der Waals surface area contributed by atoms with Gasteiger partial charge < -0.3 is 19.5 Å². The molecule has 172 valence electrons. The van der Waals surface area contributed by atoms with E-state index in [-0.39, 0.29) is 22.9 Å². The molecule has 34 heavy (non-hydrogen) atoms. The normalized spacial score (nSPS) is 18.9. The van der Waals surface area contributed by atoms with Crippen molar-refractivity contribution in [1.29, 1.82) is 0 Å². The first-order valence-electron chi connectivity index (χ1n) is 10.5. The molecule has 0 spiro atoms. The standard InChI is InChI=1S/C25H18Cl2N2O5/c26-16-4-5-17(18(27)11-16)22-21(23(30)15-3-6-19-20(10-15)34-9-8-33-19)24(31)25(32)29(22)13-14-2-1-7-28-12-14/h1-7,10-12,22,30H,8-9,13H2/t22-/m0/s1. The maximum atomic E-state index is 13.2. The number of likely N-dealkylation sites (tertiary alicyclic amines) is 1. The van der Waals surface area contributed by atoms with Gasteiger partial charge in [0.05, 0.1) is 11.6 Å². The highest BCUT2D eigenvalue weighted by atomic mass is 35.5. The van der Waals surface area contributed by atoms with Gasteiger partial charge in [0.15, 0.2) is 11.5 Å². The summed E-state index contributed by atoms with van der Waals surface area (Å²) in [5.74, 6) is -0.913. The van der Waals surface area contributed by atoms with E-state index in [0.29, 0.717) is 40.9 Å². The molecule has 3 heterocycles. The average Bonchev–Trinajstić information content (AvgIpc) is 3.09. The molecule has 9 heteroatoms. The van der Waals surface area contributed by atoms with E-state index in [9.17, 15) is 14.7 Å². The number of carbonyl (C=O) groups is 2. The summed E-state index contributed by atoms with van der Waals surface area (Å²) in [5.41, 5.74) is 1.43. The third-order valence-electron chi connectivity index (χ3n) is 5.69. The fourth-order valence-electron chi connectivity index (χ4n) is 4.12. The fourth-order valence-corrected chi connectivity index (χ4v) is 4.64. The first-order valence-corrected chi connectivity index (χ1v) is 11.2. The Morgan fingerprint density at radius 2 is 1.85 bits per heavy atom. The second kappa shape index (κ2) is 9.00. The number of aliphatic hydroxyl groups excluding tert-OH is 1. The topological polar surface area (TPSA) is 89.0 Å². The summed E-state index contributed by atoms with van der Waals surface area (Å²) in [5, 5.41) is 11.9. The van der Waals surface area contributed by atoms with Gasteiger partial charge in [-0.1, -0.05) is 35.3 Å². The molecule has 2 aliphatic rings. The molecule has 1 aromatic heterocycles. The van der Waals surface area contributed by atoms with Crippen LogP contribution < -0.4 is 9.47 Å². The van der Waals surface area contributed by atoms with Crippen molar-refractivity contribution >= 4 is 40.7 Å². The predicted octanol–water partition coefficient (Wildman–Crippen LogP) is 4.78. The number of halogens is 2. The zero-order valence-corrected chi connectivity index (χ0v) is 19.2. The van der Waals surface area contributed by atoms with Crippen molar-refractivity contribution in [3.63, 3.8) is 0 Å². The van der Waals surface area contributed by atoms with Crippen LogP contribution in [0.4, 0.5) is 0 Å². The molecule has 0 bridgehead atoms. The summed E-state index contributed by atoms with van der Waals surface area (Å²) in [6.07, 6.45) is 3.23. The molecule has 0 radical (unpaired) electrons. The summed E-state index contributed by atoms with van der Waals surface area (Å²) < 4.78 is 11.1. The number of fused-ring (bicyclic) bond motifs is 1. The van der Waals surface area contributed by atoms with Crippen LogP contribution in [0.15, 0.2) is 66.5 Å². The lowest BCUT2D eigenvalue weighted by molar-refractivity contribution is -0.140. The number of amides is 1. The highest BCUT2D eigenvalue weighted by molar-refractivity contribution is 6.47. The minimum Gasteiger partial charge on any atom is -0.507 e. The van der Waals surface area contributed by atoms with Crippen LogP contribution in [0.5, 0.6) is 11.5 Å². The number of aromatic nitrogens is 1. The molecule has 2 aromatic carbocycles. The zero-order chi connectivity index (χ0) is 23.8. The lowest BCUT2D eigenvalue weighted by Crippen LogP contribution is -2.29. The number of aliphatic hydroxyl groups is 1. The summed E-state index contributed by atoms with van der Waals surface area (Å²) in [7, 11) is 0. The Morgan fingerprint density at radius 1 is 1.06 bits per heavy atom. The van der Waals surface area contributed by atoms with Crippen molar-refractivity contribution in [3.8, 4) is 11.5 Å². The first-order chi connectivity index (χ1) is 16.4. The third kappa shape index (κ3) is 3.97. The maximum Gasteiger partial charge on any atom is 0.295 e. The molecule has 0 saturated carbocycles. The van der Waals surface area contributed by atoms with Crippen LogP contribution in [0.2, 0.25) is 10.0 Å². The molecule has 1 N–H and O–H groups in total. The Balaban J connectivity index is 1.66. The molecule has 5 rings (SSSR count). The molecule has 1 saturated heterocycles. The van der Waals surface area contributed by atoms with Crippen LogP contribution in [0, 0.1) is 0 Å². The highest BCUT2D eigenvalue weighted by Crippen LogP contribution is 2.44. The van der Waals surface area contributed by atoms with E-state index in [1.807, 2.05) is 0 Å². The summed E-state index contributed by atoms with van der Waals surface area (Å²) >= 11 is 12.6. The number of hydrogen-bond acceptors (Lipinski definition) is 6. The number of Topliss-reactive ketones (excluding diaryl/α,β-unsaturated/α-hetero) is 1. The molecule has 0 unspecified atom stereocenters. The van der Waals surface area contributed by atoms with Crippen molar-refractivity contribution in [2.75, 3.05) is 13.2 Å². The maximum absolute atomic E-state index is 13.2. The van der Waals surface area contributed by atoms with Gasteiger partial charge in [0.25, 0.3) is 11.7 Å². The molecule has 7 nitrogen and oxygen atoms in total. The van der Waals surface area contributed by atoms with Crippen LogP contribution in [0.1, 0.15) is 22.7 Å². The van der Waals surface area contributed by atoms with E-state index >= 15 is 0 Å². The smallest absolute Gasteiger partial charge is 0.295 e. The second-order valence-corrected chi connectivity index (χ2v) is 8.66. The van der Waals surface area contributed by atoms with Gasteiger partial charge in [-0.05, 0) is 47.5 Å². The molecule has 3 aromatic rings. The predicted molar refractivity (Wildman–Crippen MR) is 126 cm³/mol. The minimum absolute atomic E-state index is 0.0743. The van der Waals surface area contributed by atoms with Crippen molar-refractivity contribution < 1.29 is 24.2 Å². The number of benzene rings is 2. The summed E-state index contributed by atoms with van der Waals surface area (Å²) in [6, 6.07) is 12.3. The zero-order valence-electron chi connectivity index (χ0n) is 17.7. The summed E-state index contributed by atoms with van der Waals surface area (Å²) in [6.45, 7) is 0.889. The molecule has 0 aliphatic carbocycles. The summed E-state index contributed by atoms with van der Waals surface area (Å²) in [4.78, 5) is 31.8. The van der Waals surface area contributed by atoms with Crippen LogP contribution in [0.3, 0.4) is 0 Å². The van der Waals surface area contributed by atoms with E-state index in [1.54, 1.807) is 54.9 Å². The van der Waals surface area contributed by atoms with Crippen molar-refractivity contribution in [2.24, 2.45) is 0 Å². The van der Waals surface area contributed by atoms with Gasteiger partial charge in [-0.15, -0.1) is 0 Å². The van der Waals surface area contributed by atoms with Gasteiger partial charge in [0.1, 0.15) is 19.0 Å². The largest absolute Gasteiger partial charge is 0.507 e. The average molecular weight is 497 g/mol. The van der Waals surface area contributed by atoms with E-state index in [0.717, 1.165) is 5.56 Å². The fraction of sp³-hybridized carbons (Fsp3) is 0.160. The van der Waals surface area contributed by atoms with E-state index in [4.69, 9.17) is 32.7 Å². The van der Waals surface area contributed by atoms with E-state index in [2.05, 4.69) is 4.98 Å². The third-order valence-corrected chi connectivity index (χ3v) is 6.25. The highest BCUT2D eigenvalue weighted by Gasteiger charge is 2.46. The molecule has 1 atom stereocenters. The van der Waals surface area contributed by atoms with Crippen LogP contribution in [-0.4, -0.2) is 39.9 Å². The lowest BCUT2D eigenvalue weighted by Gasteiger charge is -2.26. The van der Waals surface area contributed by atoms with Gasteiger partial charge in [-0.2, -0.15) is 0 Å². The van der Waals surface area contributed by atoms with Crippen LogP contribution >= 0.6 is 23.2 Å². The van der Waals surface area contributed by atoms with Gasteiger partial charge in [0.2, 0.25) is 0 Å². The van der Waals surface area contributed by atoms with Crippen LogP contribution in [0.25, 0.3) is 5.76 Å². The lowest BCUT2D eigenvalue weighted by atomic mass is 9.95. The Morgan fingerprint density at radius 3 is 2.59 bits per heavy atom. The Bertz CT molecular complexity index is 1330. The minimum atomic E-state index is -0.932. The number of ketones is 1.